The van der Waals surface area contributed by atoms with E-state index in [-0.39, 0.29) is 16.1 Å². The lowest BCUT2D eigenvalue weighted by Gasteiger charge is -2.22. The highest BCUT2D eigenvalue weighted by molar-refractivity contribution is 7.90. The molecule has 0 fully saturated rings. The number of nitro groups is 1. The Balaban J connectivity index is 2.17. The van der Waals surface area contributed by atoms with Gasteiger partial charge in [-0.3, -0.25) is 10.1 Å². The van der Waals surface area contributed by atoms with E-state index < -0.39 is 43.9 Å². The molecule has 1 unspecified atom stereocenters. The smallest absolute Gasteiger partial charge is 0.295 e. The van der Waals surface area contributed by atoms with Crippen LogP contribution in [-0.2, 0) is 9.84 Å². The molecule has 0 saturated carbocycles. The van der Waals surface area contributed by atoms with Crippen LogP contribution in [0.2, 0.25) is 0 Å². The van der Waals surface area contributed by atoms with Crippen molar-refractivity contribution in [1.29, 1.82) is 0 Å². The molecule has 1 atom stereocenters. The van der Waals surface area contributed by atoms with Gasteiger partial charge in [-0.2, -0.15) is 0 Å². The molecule has 3 rings (SSSR count). The number of nitrogens with one attached hydrogen (secondary N) is 1. The van der Waals surface area contributed by atoms with Crippen molar-refractivity contribution < 1.29 is 26.5 Å². The minimum atomic E-state index is -3.58. The van der Waals surface area contributed by atoms with Gasteiger partial charge >= 0.3 is 0 Å². The summed E-state index contributed by atoms with van der Waals surface area (Å²) in [6.45, 7) is 0. The molecule has 0 aromatic heterocycles. The second kappa shape index (κ2) is 8.15. The van der Waals surface area contributed by atoms with Crippen molar-refractivity contribution in [2.75, 3.05) is 11.6 Å². The number of nitrogens with zero attached hydrogens (tertiary/aromatic N) is 1. The molecule has 0 radical (unpaired) electrons. The summed E-state index contributed by atoms with van der Waals surface area (Å²) in [5.41, 5.74) is -0.150. The monoisotopic (exact) mass is 436 g/mol. The number of anilines is 1. The van der Waals surface area contributed by atoms with Gasteiger partial charge in [0, 0.05) is 6.26 Å². The second-order valence-corrected chi connectivity index (χ2v) is 8.53. The summed E-state index contributed by atoms with van der Waals surface area (Å²) in [7, 11) is -3.58. The Morgan fingerprint density at radius 3 is 2.27 bits per heavy atom. The summed E-state index contributed by atoms with van der Waals surface area (Å²) in [6.07, 6.45) is 1.01. The first-order valence-electron chi connectivity index (χ1n) is 8.51. The molecule has 3 aromatic carbocycles. The lowest BCUT2D eigenvalue weighted by molar-refractivity contribution is -0.384. The van der Waals surface area contributed by atoms with Crippen LogP contribution in [0.5, 0.6) is 0 Å². The predicted octanol–water partition coefficient (Wildman–Crippen LogP) is 4.62. The fraction of sp³-hybridized carbons (Fsp3) is 0.100. The summed E-state index contributed by atoms with van der Waals surface area (Å²) < 4.78 is 64.6. The van der Waals surface area contributed by atoms with E-state index in [4.69, 9.17) is 0 Å². The van der Waals surface area contributed by atoms with E-state index >= 15 is 0 Å². The quantitative estimate of drug-likeness (QED) is 0.450. The maximum atomic E-state index is 13.9. The molecule has 0 aliphatic rings. The van der Waals surface area contributed by atoms with Gasteiger partial charge in [0.05, 0.1) is 21.9 Å². The Morgan fingerprint density at radius 1 is 0.933 bits per heavy atom. The van der Waals surface area contributed by atoms with Crippen molar-refractivity contribution in [2.24, 2.45) is 0 Å². The SMILES string of the molecule is CS(=O)(=O)c1cccc(C(Nc2ccc(F)cc2[N+](=O)[O-])c2ccc(F)c(F)c2)c1. The van der Waals surface area contributed by atoms with Gasteiger partial charge in [0.15, 0.2) is 21.5 Å². The molecule has 0 saturated heterocycles. The van der Waals surface area contributed by atoms with Crippen molar-refractivity contribution in [2.45, 2.75) is 10.9 Å². The lowest BCUT2D eigenvalue weighted by Crippen LogP contribution is -2.15. The van der Waals surface area contributed by atoms with E-state index in [1.807, 2.05) is 0 Å². The van der Waals surface area contributed by atoms with Gasteiger partial charge in [-0.15, -0.1) is 0 Å². The highest BCUT2D eigenvalue weighted by Gasteiger charge is 2.23. The first-order valence-corrected chi connectivity index (χ1v) is 10.4. The molecule has 0 aliphatic carbocycles. The minimum Gasteiger partial charge on any atom is -0.369 e. The molecule has 0 heterocycles. The topological polar surface area (TPSA) is 89.3 Å². The van der Waals surface area contributed by atoms with Gasteiger partial charge in [-0.1, -0.05) is 18.2 Å². The molecule has 0 spiro atoms. The zero-order valence-electron chi connectivity index (χ0n) is 15.5. The summed E-state index contributed by atoms with van der Waals surface area (Å²) >= 11 is 0. The first-order chi connectivity index (χ1) is 14.1. The van der Waals surface area contributed by atoms with Crippen LogP contribution in [0, 0.1) is 27.6 Å². The number of sulfone groups is 1. The fourth-order valence-corrected chi connectivity index (χ4v) is 3.59. The van der Waals surface area contributed by atoms with E-state index in [9.17, 15) is 31.7 Å². The number of benzene rings is 3. The average molecular weight is 436 g/mol. The first kappa shape index (κ1) is 21.3. The Morgan fingerprint density at radius 2 is 1.63 bits per heavy atom. The maximum absolute atomic E-state index is 13.9. The van der Waals surface area contributed by atoms with E-state index in [0.717, 1.165) is 36.6 Å². The normalized spacial score (nSPS) is 12.4. The molecule has 0 aliphatic heterocycles. The number of hydrogen-bond acceptors (Lipinski definition) is 5. The van der Waals surface area contributed by atoms with Crippen molar-refractivity contribution in [1.82, 2.24) is 0 Å². The van der Waals surface area contributed by atoms with Crippen molar-refractivity contribution in [3.63, 3.8) is 0 Å². The molecule has 156 valence electrons. The molecule has 30 heavy (non-hydrogen) atoms. The maximum Gasteiger partial charge on any atom is 0.295 e. The zero-order chi connectivity index (χ0) is 22.1. The molecule has 10 heteroatoms. The molecular formula is C20H15F3N2O4S. The van der Waals surface area contributed by atoms with Crippen LogP contribution in [-0.4, -0.2) is 19.6 Å². The third kappa shape index (κ3) is 4.60. The standard InChI is InChI=1S/C20H15F3N2O4S/c1-30(28,29)15-4-2-3-12(9-15)20(13-5-7-16(22)17(23)10-13)24-18-8-6-14(21)11-19(18)25(26)27/h2-11,20,24H,1H3. The Kier molecular flexibility index (Phi) is 5.79. The predicted molar refractivity (Wildman–Crippen MR) is 104 cm³/mol. The van der Waals surface area contributed by atoms with E-state index in [1.165, 1.54) is 30.3 Å². The Bertz CT molecular complexity index is 1230. The van der Waals surface area contributed by atoms with Crippen LogP contribution in [0.4, 0.5) is 24.5 Å². The number of rotatable bonds is 6. The lowest BCUT2D eigenvalue weighted by atomic mass is 9.98. The van der Waals surface area contributed by atoms with E-state index in [2.05, 4.69) is 5.32 Å². The minimum absolute atomic E-state index is 0.0250. The second-order valence-electron chi connectivity index (χ2n) is 6.51. The van der Waals surface area contributed by atoms with Crippen molar-refractivity contribution in [3.05, 3.63) is 99.4 Å². The van der Waals surface area contributed by atoms with Gasteiger partial charge < -0.3 is 5.32 Å². The fourth-order valence-electron chi connectivity index (χ4n) is 2.91. The highest BCUT2D eigenvalue weighted by Crippen LogP contribution is 2.33. The Hall–Kier alpha value is -3.40. The summed E-state index contributed by atoms with van der Waals surface area (Å²) in [4.78, 5) is 10.5. The Labute approximate surface area is 170 Å². The van der Waals surface area contributed by atoms with Gasteiger partial charge in [-0.25, -0.2) is 21.6 Å². The third-order valence-corrected chi connectivity index (χ3v) is 5.46. The van der Waals surface area contributed by atoms with Gasteiger partial charge in [0.1, 0.15) is 11.5 Å². The molecular weight excluding hydrogens is 421 g/mol. The zero-order valence-corrected chi connectivity index (χ0v) is 16.3. The van der Waals surface area contributed by atoms with Crippen LogP contribution >= 0.6 is 0 Å². The van der Waals surface area contributed by atoms with E-state index in [0.29, 0.717) is 5.56 Å². The number of halogens is 3. The van der Waals surface area contributed by atoms with Gasteiger partial charge in [-0.05, 0) is 47.5 Å². The van der Waals surface area contributed by atoms with Crippen LogP contribution in [0.1, 0.15) is 17.2 Å². The van der Waals surface area contributed by atoms with Crippen LogP contribution < -0.4 is 5.32 Å². The van der Waals surface area contributed by atoms with Gasteiger partial charge in [0.2, 0.25) is 0 Å². The molecule has 3 aromatic rings. The van der Waals surface area contributed by atoms with Gasteiger partial charge in [0.25, 0.3) is 5.69 Å². The third-order valence-electron chi connectivity index (χ3n) is 4.35. The van der Waals surface area contributed by atoms with Crippen LogP contribution in [0.3, 0.4) is 0 Å². The summed E-state index contributed by atoms with van der Waals surface area (Å²) in [5.74, 6) is -3.06. The van der Waals surface area contributed by atoms with Crippen molar-refractivity contribution >= 4 is 21.2 Å². The van der Waals surface area contributed by atoms with Crippen LogP contribution in [0.15, 0.2) is 65.6 Å². The number of nitro benzene ring substituents is 1. The molecule has 0 amide bonds. The summed E-state index contributed by atoms with van der Waals surface area (Å²) in [5, 5.41) is 14.1. The molecule has 0 bridgehead atoms. The summed E-state index contributed by atoms with van der Waals surface area (Å²) in [6, 6.07) is 10.6. The molecule has 1 N–H and O–H groups in total. The average Bonchev–Trinajstić information content (AvgIpc) is 2.68. The highest BCUT2D eigenvalue weighted by atomic mass is 32.2. The largest absolute Gasteiger partial charge is 0.369 e. The van der Waals surface area contributed by atoms with E-state index in [1.54, 1.807) is 0 Å². The molecule has 6 nitrogen and oxygen atoms in total. The van der Waals surface area contributed by atoms with Crippen LogP contribution in [0.25, 0.3) is 0 Å². The number of hydrogen-bond donors (Lipinski definition) is 1. The van der Waals surface area contributed by atoms with Crippen molar-refractivity contribution in [3.8, 4) is 0 Å².